The summed E-state index contributed by atoms with van der Waals surface area (Å²) in [7, 11) is 0. The van der Waals surface area contributed by atoms with E-state index in [0.29, 0.717) is 5.92 Å². The second-order valence-corrected chi connectivity index (χ2v) is 4.78. The van der Waals surface area contributed by atoms with Gasteiger partial charge in [0, 0.05) is 0 Å². The molecule has 1 fully saturated rings. The maximum atomic E-state index is 9.78. The Hall–Kier alpha value is -0.820. The lowest BCUT2D eigenvalue weighted by molar-refractivity contribution is 0.152. The maximum Gasteiger partial charge on any atom is 0.0546 e. The van der Waals surface area contributed by atoms with Gasteiger partial charge in [-0.3, -0.25) is 0 Å². The lowest BCUT2D eigenvalue weighted by Crippen LogP contribution is -2.09. The van der Waals surface area contributed by atoms with Crippen LogP contribution in [0.1, 0.15) is 49.1 Å². The van der Waals surface area contributed by atoms with Crippen molar-refractivity contribution in [3.8, 4) is 0 Å². The molecule has 2 atom stereocenters. The maximum absolute atomic E-state index is 9.78. The van der Waals surface area contributed by atoms with E-state index in [2.05, 4.69) is 31.2 Å². The van der Waals surface area contributed by atoms with Crippen LogP contribution in [-0.2, 0) is 0 Å². The molecule has 0 heterocycles. The van der Waals surface area contributed by atoms with Gasteiger partial charge in [0.15, 0.2) is 0 Å². The Kier molecular flexibility index (Phi) is 3.42. The summed E-state index contributed by atoms with van der Waals surface area (Å²) < 4.78 is 0. The van der Waals surface area contributed by atoms with Crippen LogP contribution in [-0.4, -0.2) is 11.2 Å². The minimum Gasteiger partial charge on any atom is -0.393 e. The molecular weight excluding hydrogens is 184 g/mol. The molecule has 0 aliphatic heterocycles. The summed E-state index contributed by atoms with van der Waals surface area (Å²) >= 11 is 0. The molecule has 0 unspecified atom stereocenters. The second-order valence-electron chi connectivity index (χ2n) is 4.78. The Morgan fingerprint density at radius 2 is 1.73 bits per heavy atom. The van der Waals surface area contributed by atoms with Crippen molar-refractivity contribution in [1.82, 2.24) is 0 Å². The largest absolute Gasteiger partial charge is 0.393 e. The molecule has 1 heteroatoms. The number of aliphatic hydroxyl groups excluding tert-OH is 1. The predicted molar refractivity (Wildman–Crippen MR) is 63.0 cm³/mol. The summed E-state index contributed by atoms with van der Waals surface area (Å²) in [6, 6.07) is 8.79. The van der Waals surface area contributed by atoms with Gasteiger partial charge in [0.2, 0.25) is 0 Å². The Bertz CT molecular complexity index is 302. The topological polar surface area (TPSA) is 20.2 Å². The van der Waals surface area contributed by atoms with Crippen LogP contribution in [0.15, 0.2) is 24.3 Å². The van der Waals surface area contributed by atoms with E-state index in [1.54, 1.807) is 0 Å². The van der Waals surface area contributed by atoms with E-state index in [1.807, 2.05) is 0 Å². The fourth-order valence-corrected chi connectivity index (χ4v) is 2.48. The van der Waals surface area contributed by atoms with Gasteiger partial charge in [-0.2, -0.15) is 0 Å². The van der Waals surface area contributed by atoms with Crippen LogP contribution in [0.3, 0.4) is 0 Å². The minimum absolute atomic E-state index is 0.0844. The van der Waals surface area contributed by atoms with Gasteiger partial charge in [0.1, 0.15) is 0 Å². The van der Waals surface area contributed by atoms with Gasteiger partial charge in [0.25, 0.3) is 0 Å². The number of aryl methyl sites for hydroxylation is 1. The van der Waals surface area contributed by atoms with Crippen molar-refractivity contribution in [2.45, 2.75) is 51.0 Å². The first-order chi connectivity index (χ1) is 7.25. The second kappa shape index (κ2) is 4.80. The molecular formula is C14H20O. The first kappa shape index (κ1) is 10.7. The lowest BCUT2D eigenvalue weighted by Gasteiger charge is -2.16. The summed E-state index contributed by atoms with van der Waals surface area (Å²) in [6.07, 6.45) is 5.53. The molecule has 0 aromatic heterocycles. The van der Waals surface area contributed by atoms with Crippen molar-refractivity contribution >= 4 is 0 Å². The zero-order valence-corrected chi connectivity index (χ0v) is 9.45. The first-order valence-electron chi connectivity index (χ1n) is 6.00. The lowest BCUT2D eigenvalue weighted by atomic mass is 9.91. The highest BCUT2D eigenvalue weighted by Crippen LogP contribution is 2.31. The molecule has 15 heavy (non-hydrogen) atoms. The van der Waals surface area contributed by atoms with Gasteiger partial charge in [-0.05, 0) is 37.7 Å². The van der Waals surface area contributed by atoms with Crippen LogP contribution >= 0.6 is 0 Å². The SMILES string of the molecule is Cc1ccc([C@H]2CCCC[C@H](O)C2)cc1. The molecule has 1 N–H and O–H groups in total. The third-order valence-electron chi connectivity index (χ3n) is 3.45. The summed E-state index contributed by atoms with van der Waals surface area (Å²) in [5, 5.41) is 9.78. The minimum atomic E-state index is -0.0844. The van der Waals surface area contributed by atoms with Gasteiger partial charge >= 0.3 is 0 Å². The summed E-state index contributed by atoms with van der Waals surface area (Å²) in [5.74, 6) is 0.572. The number of aliphatic hydroxyl groups is 1. The molecule has 0 bridgehead atoms. The molecule has 1 aromatic rings. The van der Waals surface area contributed by atoms with Crippen molar-refractivity contribution in [2.24, 2.45) is 0 Å². The molecule has 82 valence electrons. The number of benzene rings is 1. The van der Waals surface area contributed by atoms with E-state index in [0.717, 1.165) is 12.8 Å². The van der Waals surface area contributed by atoms with Gasteiger partial charge in [-0.1, -0.05) is 42.7 Å². The van der Waals surface area contributed by atoms with Crippen LogP contribution in [0.4, 0.5) is 0 Å². The van der Waals surface area contributed by atoms with Crippen molar-refractivity contribution in [3.05, 3.63) is 35.4 Å². The quantitative estimate of drug-likeness (QED) is 0.695. The standard InChI is InChI=1S/C14H20O/c1-11-6-8-12(9-7-11)13-4-2-3-5-14(15)10-13/h6-9,13-15H,2-5,10H2,1H3/t13-,14-/m0/s1. The third-order valence-corrected chi connectivity index (χ3v) is 3.45. The average Bonchev–Trinajstić information content (AvgIpc) is 2.44. The van der Waals surface area contributed by atoms with E-state index >= 15 is 0 Å². The van der Waals surface area contributed by atoms with E-state index in [-0.39, 0.29) is 6.10 Å². The van der Waals surface area contributed by atoms with Crippen LogP contribution in [0.25, 0.3) is 0 Å². The summed E-state index contributed by atoms with van der Waals surface area (Å²) in [4.78, 5) is 0. The van der Waals surface area contributed by atoms with Gasteiger partial charge < -0.3 is 5.11 Å². The highest BCUT2D eigenvalue weighted by Gasteiger charge is 2.19. The van der Waals surface area contributed by atoms with E-state index < -0.39 is 0 Å². The van der Waals surface area contributed by atoms with Crippen LogP contribution < -0.4 is 0 Å². The molecule has 2 rings (SSSR count). The average molecular weight is 204 g/mol. The zero-order chi connectivity index (χ0) is 10.7. The zero-order valence-electron chi connectivity index (χ0n) is 9.45. The Balaban J connectivity index is 2.11. The Morgan fingerprint density at radius 3 is 2.47 bits per heavy atom. The molecule has 1 aliphatic carbocycles. The van der Waals surface area contributed by atoms with Crippen LogP contribution in [0, 0.1) is 6.92 Å². The molecule has 0 radical (unpaired) electrons. The molecule has 0 spiro atoms. The van der Waals surface area contributed by atoms with Crippen molar-refractivity contribution in [1.29, 1.82) is 0 Å². The van der Waals surface area contributed by atoms with Crippen molar-refractivity contribution in [2.75, 3.05) is 0 Å². The first-order valence-corrected chi connectivity index (χ1v) is 6.00. The molecule has 1 saturated carbocycles. The number of hydrogen-bond donors (Lipinski definition) is 1. The predicted octanol–water partition coefficient (Wildman–Crippen LogP) is 3.40. The summed E-state index contributed by atoms with van der Waals surface area (Å²) in [5.41, 5.74) is 2.72. The summed E-state index contributed by atoms with van der Waals surface area (Å²) in [6.45, 7) is 2.12. The van der Waals surface area contributed by atoms with E-state index in [9.17, 15) is 5.11 Å². The molecule has 1 nitrogen and oxygen atoms in total. The molecule has 0 amide bonds. The van der Waals surface area contributed by atoms with Crippen molar-refractivity contribution < 1.29 is 5.11 Å². The molecule has 0 saturated heterocycles. The number of rotatable bonds is 1. The van der Waals surface area contributed by atoms with Crippen LogP contribution in [0.2, 0.25) is 0 Å². The van der Waals surface area contributed by atoms with Gasteiger partial charge in [-0.25, -0.2) is 0 Å². The van der Waals surface area contributed by atoms with Crippen LogP contribution in [0.5, 0.6) is 0 Å². The highest BCUT2D eigenvalue weighted by atomic mass is 16.3. The molecule has 1 aromatic carbocycles. The van der Waals surface area contributed by atoms with Gasteiger partial charge in [0.05, 0.1) is 6.10 Å². The fraction of sp³-hybridized carbons (Fsp3) is 0.571. The normalized spacial score (nSPS) is 27.3. The fourth-order valence-electron chi connectivity index (χ4n) is 2.48. The monoisotopic (exact) mass is 204 g/mol. The Labute approximate surface area is 92.1 Å². The Morgan fingerprint density at radius 1 is 1.07 bits per heavy atom. The smallest absolute Gasteiger partial charge is 0.0546 e. The van der Waals surface area contributed by atoms with Gasteiger partial charge in [-0.15, -0.1) is 0 Å². The van der Waals surface area contributed by atoms with E-state index in [1.165, 1.54) is 30.4 Å². The molecule has 1 aliphatic rings. The third kappa shape index (κ3) is 2.82. The van der Waals surface area contributed by atoms with E-state index in [4.69, 9.17) is 0 Å². The number of hydrogen-bond acceptors (Lipinski definition) is 1. The van der Waals surface area contributed by atoms with Crippen molar-refractivity contribution in [3.63, 3.8) is 0 Å². The highest BCUT2D eigenvalue weighted by molar-refractivity contribution is 5.24.